The van der Waals surface area contributed by atoms with Crippen molar-refractivity contribution in [2.24, 2.45) is 5.73 Å². The smallest absolute Gasteiger partial charge is 0.125 e. The summed E-state index contributed by atoms with van der Waals surface area (Å²) in [7, 11) is 0. The highest BCUT2D eigenvalue weighted by atomic mass is 32.1. The third kappa shape index (κ3) is 2.70. The molecule has 2 aromatic heterocycles. The fourth-order valence-electron chi connectivity index (χ4n) is 1.86. The zero-order valence-electron chi connectivity index (χ0n) is 10.2. The summed E-state index contributed by atoms with van der Waals surface area (Å²) < 4.78 is 0. The van der Waals surface area contributed by atoms with Crippen LogP contribution < -0.4 is 5.73 Å². The average Bonchev–Trinajstić information content (AvgIpc) is 2.73. The minimum absolute atomic E-state index is 0.489. The molecule has 90 valence electrons. The lowest BCUT2D eigenvalue weighted by Gasteiger charge is -2.07. The van der Waals surface area contributed by atoms with Gasteiger partial charge in [-0.25, -0.2) is 4.98 Å². The maximum absolute atomic E-state index is 5.61. The van der Waals surface area contributed by atoms with Gasteiger partial charge in [0.05, 0.1) is 5.69 Å². The molecule has 0 fully saturated rings. The lowest BCUT2D eigenvalue weighted by Crippen LogP contribution is -2.04. The van der Waals surface area contributed by atoms with E-state index in [1.165, 1.54) is 4.88 Å². The van der Waals surface area contributed by atoms with Crippen LogP contribution in [-0.4, -0.2) is 16.5 Å². The molecule has 17 heavy (non-hydrogen) atoms. The summed E-state index contributed by atoms with van der Waals surface area (Å²) in [5.41, 5.74) is 7.82. The van der Waals surface area contributed by atoms with Gasteiger partial charge >= 0.3 is 0 Å². The molecule has 0 amide bonds. The van der Waals surface area contributed by atoms with Crippen LogP contribution in [0.1, 0.15) is 29.8 Å². The van der Waals surface area contributed by atoms with Crippen molar-refractivity contribution in [3.63, 3.8) is 0 Å². The van der Waals surface area contributed by atoms with Gasteiger partial charge in [0.15, 0.2) is 0 Å². The summed E-state index contributed by atoms with van der Waals surface area (Å²) >= 11 is 1.75. The summed E-state index contributed by atoms with van der Waals surface area (Å²) in [6.45, 7) is 5.00. The number of nitrogens with zero attached hydrogens (tertiary/aromatic N) is 2. The summed E-state index contributed by atoms with van der Waals surface area (Å²) in [6.07, 6.45) is 4.65. The van der Waals surface area contributed by atoms with Crippen molar-refractivity contribution in [2.45, 2.75) is 26.2 Å². The summed E-state index contributed by atoms with van der Waals surface area (Å²) in [4.78, 5) is 10.1. The molecule has 0 saturated carbocycles. The van der Waals surface area contributed by atoms with E-state index in [2.05, 4.69) is 23.8 Å². The Morgan fingerprint density at radius 1 is 1.47 bits per heavy atom. The van der Waals surface area contributed by atoms with Crippen LogP contribution in [-0.2, 0) is 0 Å². The number of pyridine rings is 1. The summed E-state index contributed by atoms with van der Waals surface area (Å²) in [5, 5.41) is 1.05. The third-order valence-electron chi connectivity index (χ3n) is 2.79. The van der Waals surface area contributed by atoms with Crippen molar-refractivity contribution in [2.75, 3.05) is 6.54 Å². The Morgan fingerprint density at radius 2 is 2.29 bits per heavy atom. The second kappa shape index (κ2) is 5.38. The van der Waals surface area contributed by atoms with Crippen LogP contribution in [0.4, 0.5) is 0 Å². The number of aryl methyl sites for hydroxylation is 1. The largest absolute Gasteiger partial charge is 0.330 e. The van der Waals surface area contributed by atoms with Crippen molar-refractivity contribution in [3.05, 3.63) is 35.1 Å². The molecule has 2 N–H and O–H groups in total. The first-order valence-corrected chi connectivity index (χ1v) is 6.61. The van der Waals surface area contributed by atoms with Crippen LogP contribution in [0.2, 0.25) is 0 Å². The molecule has 0 aliphatic carbocycles. The van der Waals surface area contributed by atoms with Gasteiger partial charge in [0, 0.05) is 22.8 Å². The number of thiazole rings is 1. The van der Waals surface area contributed by atoms with E-state index >= 15 is 0 Å². The van der Waals surface area contributed by atoms with E-state index in [1.807, 2.05) is 18.3 Å². The highest BCUT2D eigenvalue weighted by molar-refractivity contribution is 7.15. The Hall–Kier alpha value is -1.26. The van der Waals surface area contributed by atoms with Gasteiger partial charge in [-0.05, 0) is 37.9 Å². The van der Waals surface area contributed by atoms with Gasteiger partial charge in [0.1, 0.15) is 5.01 Å². The second-order valence-electron chi connectivity index (χ2n) is 4.19. The predicted molar refractivity (Wildman–Crippen MR) is 72.2 cm³/mol. The standard InChI is InChI=1S/C13H17N3S/c1-9(5-6-14)12-10(2)16-13(17-12)11-4-3-7-15-8-11/h3-4,7-9H,5-6,14H2,1-2H3. The van der Waals surface area contributed by atoms with Gasteiger partial charge in [-0.2, -0.15) is 0 Å². The number of aromatic nitrogens is 2. The number of rotatable bonds is 4. The molecule has 1 unspecified atom stereocenters. The van der Waals surface area contributed by atoms with Crippen LogP contribution in [0.25, 0.3) is 10.6 Å². The van der Waals surface area contributed by atoms with E-state index in [-0.39, 0.29) is 0 Å². The van der Waals surface area contributed by atoms with Crippen LogP contribution in [0, 0.1) is 6.92 Å². The van der Waals surface area contributed by atoms with Crippen molar-refractivity contribution in [1.82, 2.24) is 9.97 Å². The molecule has 0 aliphatic rings. The van der Waals surface area contributed by atoms with Gasteiger partial charge in [-0.15, -0.1) is 11.3 Å². The molecular formula is C13H17N3S. The fraction of sp³-hybridized carbons (Fsp3) is 0.385. The first-order valence-electron chi connectivity index (χ1n) is 5.80. The van der Waals surface area contributed by atoms with E-state index < -0.39 is 0 Å². The van der Waals surface area contributed by atoms with E-state index in [1.54, 1.807) is 17.5 Å². The van der Waals surface area contributed by atoms with Gasteiger partial charge < -0.3 is 5.73 Å². The Labute approximate surface area is 106 Å². The molecular weight excluding hydrogens is 230 g/mol. The molecule has 1 atom stereocenters. The van der Waals surface area contributed by atoms with Gasteiger partial charge in [-0.1, -0.05) is 6.92 Å². The van der Waals surface area contributed by atoms with Crippen molar-refractivity contribution in [1.29, 1.82) is 0 Å². The molecule has 2 heterocycles. The van der Waals surface area contributed by atoms with Gasteiger partial charge in [0.25, 0.3) is 0 Å². The van der Waals surface area contributed by atoms with Gasteiger partial charge in [0.2, 0.25) is 0 Å². The highest BCUT2D eigenvalue weighted by Gasteiger charge is 2.14. The lowest BCUT2D eigenvalue weighted by molar-refractivity contribution is 0.696. The van der Waals surface area contributed by atoms with E-state index in [4.69, 9.17) is 5.73 Å². The minimum atomic E-state index is 0.489. The predicted octanol–water partition coefficient (Wildman–Crippen LogP) is 2.97. The van der Waals surface area contributed by atoms with Crippen LogP contribution in [0.5, 0.6) is 0 Å². The maximum atomic E-state index is 5.61. The van der Waals surface area contributed by atoms with E-state index in [0.29, 0.717) is 5.92 Å². The first-order chi connectivity index (χ1) is 8.22. The summed E-state index contributed by atoms with van der Waals surface area (Å²) in [5.74, 6) is 0.489. The molecule has 0 saturated heterocycles. The molecule has 2 rings (SSSR count). The zero-order valence-corrected chi connectivity index (χ0v) is 11.0. The molecule has 2 aromatic rings. The zero-order chi connectivity index (χ0) is 12.3. The van der Waals surface area contributed by atoms with Crippen LogP contribution in [0.3, 0.4) is 0 Å². The lowest BCUT2D eigenvalue weighted by atomic mass is 10.1. The second-order valence-corrected chi connectivity index (χ2v) is 5.22. The van der Waals surface area contributed by atoms with Crippen molar-refractivity contribution < 1.29 is 0 Å². The topological polar surface area (TPSA) is 51.8 Å². The molecule has 0 spiro atoms. The number of hydrogen-bond acceptors (Lipinski definition) is 4. The fourth-order valence-corrected chi connectivity index (χ4v) is 3.00. The molecule has 0 aromatic carbocycles. The van der Waals surface area contributed by atoms with Crippen LogP contribution in [0.15, 0.2) is 24.5 Å². The Kier molecular flexibility index (Phi) is 3.86. The first kappa shape index (κ1) is 12.2. The Balaban J connectivity index is 2.31. The molecule has 0 aliphatic heterocycles. The molecule has 3 nitrogen and oxygen atoms in total. The van der Waals surface area contributed by atoms with Crippen LogP contribution >= 0.6 is 11.3 Å². The van der Waals surface area contributed by atoms with Crippen molar-refractivity contribution >= 4 is 11.3 Å². The van der Waals surface area contributed by atoms with E-state index in [9.17, 15) is 0 Å². The average molecular weight is 247 g/mol. The third-order valence-corrected chi connectivity index (χ3v) is 4.23. The highest BCUT2D eigenvalue weighted by Crippen LogP contribution is 2.33. The monoisotopic (exact) mass is 247 g/mol. The minimum Gasteiger partial charge on any atom is -0.330 e. The normalized spacial score (nSPS) is 12.6. The maximum Gasteiger partial charge on any atom is 0.125 e. The number of nitrogens with two attached hydrogens (primary N) is 1. The SMILES string of the molecule is Cc1nc(-c2cccnc2)sc1C(C)CCN. The molecule has 0 bridgehead atoms. The number of hydrogen-bond donors (Lipinski definition) is 1. The van der Waals surface area contributed by atoms with E-state index in [0.717, 1.165) is 29.2 Å². The van der Waals surface area contributed by atoms with Crippen molar-refractivity contribution in [3.8, 4) is 10.6 Å². The Bertz CT molecular complexity index is 479. The molecule has 4 heteroatoms. The summed E-state index contributed by atoms with van der Waals surface area (Å²) in [6, 6.07) is 3.98. The molecule has 0 radical (unpaired) electrons. The van der Waals surface area contributed by atoms with Gasteiger partial charge in [-0.3, -0.25) is 4.98 Å². The Morgan fingerprint density at radius 3 is 2.94 bits per heavy atom. The quantitative estimate of drug-likeness (QED) is 0.903.